The highest BCUT2D eigenvalue weighted by Crippen LogP contribution is 2.31. The maximum Gasteiger partial charge on any atom is 0.324 e. The number of benzene rings is 1. The van der Waals surface area contributed by atoms with Crippen molar-refractivity contribution in [1.29, 1.82) is 0 Å². The second-order valence-corrected chi connectivity index (χ2v) is 5.59. The highest BCUT2D eigenvalue weighted by Gasteiger charge is 2.30. The van der Waals surface area contributed by atoms with Crippen molar-refractivity contribution >= 4 is 11.7 Å². The van der Waals surface area contributed by atoms with E-state index in [-0.39, 0.29) is 12.0 Å². The maximum atomic E-state index is 12.1. The molecule has 116 valence electrons. The fourth-order valence-corrected chi connectivity index (χ4v) is 2.89. The summed E-state index contributed by atoms with van der Waals surface area (Å²) in [6.07, 6.45) is 2.04. The van der Waals surface area contributed by atoms with Gasteiger partial charge in [-0.1, -0.05) is 25.1 Å². The van der Waals surface area contributed by atoms with Gasteiger partial charge < -0.3 is 15.0 Å². The van der Waals surface area contributed by atoms with Crippen LogP contribution in [0.5, 0.6) is 0 Å². The predicted octanol–water partition coefficient (Wildman–Crippen LogP) is 2.37. The molecule has 4 nitrogen and oxygen atoms in total. The number of fused-ring (bicyclic) bond motifs is 1. The van der Waals surface area contributed by atoms with Crippen molar-refractivity contribution in [2.75, 3.05) is 24.6 Å². The van der Waals surface area contributed by atoms with Gasteiger partial charge in [0.15, 0.2) is 0 Å². The van der Waals surface area contributed by atoms with Crippen molar-refractivity contribution in [2.24, 2.45) is 0 Å². The highest BCUT2D eigenvalue weighted by molar-refractivity contribution is 5.77. The molecule has 0 saturated carbocycles. The number of rotatable bonds is 7. The number of esters is 1. The van der Waals surface area contributed by atoms with Crippen LogP contribution in [0.2, 0.25) is 0 Å². The van der Waals surface area contributed by atoms with Crippen molar-refractivity contribution < 1.29 is 9.53 Å². The molecule has 0 amide bonds. The lowest BCUT2D eigenvalue weighted by atomic mass is 10.1. The summed E-state index contributed by atoms with van der Waals surface area (Å²) in [6.45, 7) is 8.08. The van der Waals surface area contributed by atoms with Crippen LogP contribution in [0.15, 0.2) is 24.3 Å². The number of carbonyl (C=O) groups is 1. The Morgan fingerprint density at radius 3 is 2.90 bits per heavy atom. The van der Waals surface area contributed by atoms with E-state index in [4.69, 9.17) is 4.74 Å². The van der Waals surface area contributed by atoms with Gasteiger partial charge in [0, 0.05) is 18.3 Å². The van der Waals surface area contributed by atoms with Gasteiger partial charge in [0.1, 0.15) is 6.04 Å². The number of ether oxygens (including phenoxy) is 1. The summed E-state index contributed by atoms with van der Waals surface area (Å²) in [5.41, 5.74) is 2.61. The Morgan fingerprint density at radius 2 is 2.19 bits per heavy atom. The van der Waals surface area contributed by atoms with E-state index >= 15 is 0 Å². The molecule has 0 radical (unpaired) electrons. The molecule has 21 heavy (non-hydrogen) atoms. The third-order valence-corrected chi connectivity index (χ3v) is 3.94. The lowest BCUT2D eigenvalue weighted by Crippen LogP contribution is -2.48. The molecule has 0 bridgehead atoms. The minimum Gasteiger partial charge on any atom is -0.465 e. The zero-order valence-corrected chi connectivity index (χ0v) is 13.3. The zero-order chi connectivity index (χ0) is 15.2. The number of hydrogen-bond acceptors (Lipinski definition) is 4. The molecule has 0 fully saturated rings. The first-order valence-electron chi connectivity index (χ1n) is 7.91. The molecule has 1 aromatic carbocycles. The fourth-order valence-electron chi connectivity index (χ4n) is 2.89. The molecule has 0 spiro atoms. The smallest absolute Gasteiger partial charge is 0.324 e. The summed E-state index contributed by atoms with van der Waals surface area (Å²) in [7, 11) is 0. The molecule has 0 saturated heterocycles. The second-order valence-electron chi connectivity index (χ2n) is 5.59. The van der Waals surface area contributed by atoms with Crippen molar-refractivity contribution in [3.8, 4) is 0 Å². The third-order valence-electron chi connectivity index (χ3n) is 3.94. The normalized spacial score (nSPS) is 18.4. The van der Waals surface area contributed by atoms with Crippen molar-refractivity contribution in [3.63, 3.8) is 0 Å². The first-order chi connectivity index (χ1) is 10.2. The van der Waals surface area contributed by atoms with Gasteiger partial charge >= 0.3 is 5.97 Å². The monoisotopic (exact) mass is 290 g/mol. The molecule has 0 aromatic heterocycles. The SMILES string of the molecule is CCCNC(CN1c2ccccc2CC1C)C(=O)OCC. The third kappa shape index (κ3) is 3.76. The number of nitrogens with zero attached hydrogens (tertiary/aromatic N) is 1. The summed E-state index contributed by atoms with van der Waals surface area (Å²) in [4.78, 5) is 14.5. The molecule has 1 aliphatic heterocycles. The summed E-state index contributed by atoms with van der Waals surface area (Å²) in [5, 5.41) is 3.32. The van der Waals surface area contributed by atoms with Crippen LogP contribution in [-0.4, -0.2) is 37.7 Å². The van der Waals surface area contributed by atoms with Gasteiger partial charge in [-0.25, -0.2) is 0 Å². The molecule has 1 aliphatic rings. The standard InChI is InChI=1S/C17H26N2O2/c1-4-10-18-15(17(20)21-5-2)12-19-13(3)11-14-8-6-7-9-16(14)19/h6-9,13,15,18H,4-5,10-12H2,1-3H3. The minimum absolute atomic E-state index is 0.150. The number of nitrogens with one attached hydrogen (secondary N) is 1. The summed E-state index contributed by atoms with van der Waals surface area (Å²) in [6, 6.07) is 8.60. The van der Waals surface area contributed by atoms with Gasteiger partial charge in [0.25, 0.3) is 0 Å². The van der Waals surface area contributed by atoms with E-state index in [1.165, 1.54) is 11.3 Å². The van der Waals surface area contributed by atoms with E-state index in [0.717, 1.165) is 19.4 Å². The maximum absolute atomic E-state index is 12.1. The molecule has 2 atom stereocenters. The van der Waals surface area contributed by atoms with Gasteiger partial charge in [0.2, 0.25) is 0 Å². The van der Waals surface area contributed by atoms with Gasteiger partial charge in [-0.15, -0.1) is 0 Å². The Kier molecular flexibility index (Phi) is 5.62. The summed E-state index contributed by atoms with van der Waals surface area (Å²) in [5.74, 6) is -0.150. The molecule has 1 heterocycles. The summed E-state index contributed by atoms with van der Waals surface area (Å²) >= 11 is 0. The van der Waals surface area contributed by atoms with E-state index in [1.54, 1.807) is 0 Å². The minimum atomic E-state index is -0.265. The van der Waals surface area contributed by atoms with E-state index < -0.39 is 0 Å². The van der Waals surface area contributed by atoms with Gasteiger partial charge in [-0.2, -0.15) is 0 Å². The number of carbonyl (C=O) groups excluding carboxylic acids is 1. The Labute approximate surface area is 127 Å². The van der Waals surface area contributed by atoms with Crippen LogP contribution in [0.3, 0.4) is 0 Å². The Bertz CT molecular complexity index is 476. The summed E-state index contributed by atoms with van der Waals surface area (Å²) < 4.78 is 5.21. The molecule has 1 aromatic rings. The van der Waals surface area contributed by atoms with Crippen molar-refractivity contribution in [3.05, 3.63) is 29.8 Å². The molecule has 0 aliphatic carbocycles. The van der Waals surface area contributed by atoms with Crippen LogP contribution in [0.4, 0.5) is 5.69 Å². The molecular weight excluding hydrogens is 264 g/mol. The molecule has 2 unspecified atom stereocenters. The molecular formula is C17H26N2O2. The first-order valence-corrected chi connectivity index (χ1v) is 7.91. The molecule has 1 N–H and O–H groups in total. The molecule has 4 heteroatoms. The lowest BCUT2D eigenvalue weighted by molar-refractivity contribution is -0.145. The molecule has 2 rings (SSSR count). The topological polar surface area (TPSA) is 41.6 Å². The van der Waals surface area contributed by atoms with Gasteiger partial charge in [-0.05, 0) is 44.9 Å². The largest absolute Gasteiger partial charge is 0.465 e. The van der Waals surface area contributed by atoms with Crippen LogP contribution >= 0.6 is 0 Å². The van der Waals surface area contributed by atoms with E-state index in [9.17, 15) is 4.79 Å². The van der Waals surface area contributed by atoms with Gasteiger partial charge in [-0.3, -0.25) is 4.79 Å². The highest BCUT2D eigenvalue weighted by atomic mass is 16.5. The van der Waals surface area contributed by atoms with Crippen molar-refractivity contribution in [1.82, 2.24) is 5.32 Å². The first kappa shape index (κ1) is 15.8. The van der Waals surface area contributed by atoms with Crippen LogP contribution in [0, 0.1) is 0 Å². The Hall–Kier alpha value is -1.55. The average Bonchev–Trinajstić information content (AvgIpc) is 2.79. The van der Waals surface area contributed by atoms with Crippen LogP contribution < -0.4 is 10.2 Å². The Morgan fingerprint density at radius 1 is 1.43 bits per heavy atom. The fraction of sp³-hybridized carbons (Fsp3) is 0.588. The van der Waals surface area contributed by atoms with E-state index in [0.29, 0.717) is 19.2 Å². The quantitative estimate of drug-likeness (QED) is 0.783. The van der Waals surface area contributed by atoms with Gasteiger partial charge in [0.05, 0.1) is 6.61 Å². The Balaban J connectivity index is 2.10. The predicted molar refractivity (Wildman–Crippen MR) is 85.7 cm³/mol. The van der Waals surface area contributed by atoms with E-state index in [1.807, 2.05) is 6.92 Å². The number of anilines is 1. The number of hydrogen-bond donors (Lipinski definition) is 1. The van der Waals surface area contributed by atoms with Crippen LogP contribution in [-0.2, 0) is 16.0 Å². The second kappa shape index (κ2) is 7.46. The number of para-hydroxylation sites is 1. The van der Waals surface area contributed by atoms with E-state index in [2.05, 4.69) is 48.3 Å². The zero-order valence-electron chi connectivity index (χ0n) is 13.3. The lowest BCUT2D eigenvalue weighted by Gasteiger charge is -2.29. The van der Waals surface area contributed by atoms with Crippen molar-refractivity contribution in [2.45, 2.75) is 45.7 Å². The average molecular weight is 290 g/mol. The van der Waals surface area contributed by atoms with Crippen LogP contribution in [0.25, 0.3) is 0 Å². The van der Waals surface area contributed by atoms with Crippen LogP contribution in [0.1, 0.15) is 32.8 Å².